The van der Waals surface area contributed by atoms with Crippen LogP contribution in [0, 0.1) is 6.92 Å². The molecule has 3 aromatic heterocycles. The van der Waals surface area contributed by atoms with Crippen molar-refractivity contribution in [1.29, 1.82) is 0 Å². The van der Waals surface area contributed by atoms with Crippen LogP contribution in [0.2, 0.25) is 0 Å². The number of nitrogens with zero attached hydrogens (tertiary/aromatic N) is 4. The number of ether oxygens (including phenoxy) is 1. The fourth-order valence-corrected chi connectivity index (χ4v) is 3.57. The molecule has 1 amide bonds. The van der Waals surface area contributed by atoms with Gasteiger partial charge in [0.2, 0.25) is 5.95 Å². The molecular weight excluding hydrogens is 362 g/mol. The minimum atomic E-state index is -0.785. The lowest BCUT2D eigenvalue weighted by Crippen LogP contribution is -2.29. The van der Waals surface area contributed by atoms with E-state index in [0.717, 1.165) is 25.7 Å². The summed E-state index contributed by atoms with van der Waals surface area (Å²) in [5, 5.41) is 12.5. The molecule has 1 saturated carbocycles. The molecule has 0 aromatic carbocycles. The second kappa shape index (κ2) is 7.29. The van der Waals surface area contributed by atoms with Crippen molar-refractivity contribution in [3.8, 4) is 5.75 Å². The number of amides is 1. The van der Waals surface area contributed by atoms with Gasteiger partial charge in [-0.3, -0.25) is 19.8 Å². The molecule has 10 nitrogen and oxygen atoms in total. The lowest BCUT2D eigenvalue weighted by Gasteiger charge is -2.18. The maximum absolute atomic E-state index is 13.2. The molecular formula is C18H21N7O3. The van der Waals surface area contributed by atoms with Gasteiger partial charge in [0.1, 0.15) is 5.65 Å². The number of fused-ring (bicyclic) bond motifs is 1. The number of H-pyrrole nitrogens is 1. The Morgan fingerprint density at radius 3 is 2.79 bits per heavy atom. The average Bonchev–Trinajstić information content (AvgIpc) is 3.37. The quantitative estimate of drug-likeness (QED) is 0.632. The van der Waals surface area contributed by atoms with E-state index in [-0.39, 0.29) is 17.4 Å². The molecule has 0 atom stereocenters. The molecule has 3 aromatic rings. The number of pyridine rings is 1. The summed E-state index contributed by atoms with van der Waals surface area (Å²) in [6.45, 7) is 1.84. The standard InChI is InChI=1S/C18H21N7O3/c1-10-12-9-13(28-18(27)22-14-7-8-20-24-14)16(26)25(11-5-3-4-6-11)15(12)23-17(19-2)21-10/h7-9,11H,3-6H2,1-2H3,(H,19,21,23)(H2,20,22,24,27). The third-order valence-electron chi connectivity index (χ3n) is 4.90. The van der Waals surface area contributed by atoms with E-state index >= 15 is 0 Å². The fraction of sp³-hybridized carbons (Fsp3) is 0.389. The van der Waals surface area contributed by atoms with E-state index in [9.17, 15) is 9.59 Å². The zero-order valence-corrected chi connectivity index (χ0v) is 15.7. The fourth-order valence-electron chi connectivity index (χ4n) is 3.57. The Labute approximate surface area is 160 Å². The molecule has 3 heterocycles. The Bertz CT molecular complexity index is 1070. The number of nitrogens with one attached hydrogen (secondary N) is 3. The van der Waals surface area contributed by atoms with Crippen LogP contribution in [0.5, 0.6) is 5.75 Å². The molecule has 0 aliphatic heterocycles. The number of rotatable bonds is 4. The van der Waals surface area contributed by atoms with Crippen LogP contribution in [0.1, 0.15) is 37.4 Å². The van der Waals surface area contributed by atoms with Gasteiger partial charge in [0.25, 0.3) is 5.56 Å². The van der Waals surface area contributed by atoms with Crippen LogP contribution >= 0.6 is 0 Å². The highest BCUT2D eigenvalue weighted by molar-refractivity contribution is 5.86. The monoisotopic (exact) mass is 383 g/mol. The molecule has 0 unspecified atom stereocenters. The van der Waals surface area contributed by atoms with E-state index in [1.807, 2.05) is 6.92 Å². The lowest BCUT2D eigenvalue weighted by atomic mass is 10.2. The van der Waals surface area contributed by atoms with Crippen molar-refractivity contribution in [3.05, 3.63) is 34.4 Å². The van der Waals surface area contributed by atoms with Gasteiger partial charge in [0.15, 0.2) is 11.6 Å². The van der Waals surface area contributed by atoms with Gasteiger partial charge in [-0.15, -0.1) is 0 Å². The Morgan fingerprint density at radius 2 is 2.11 bits per heavy atom. The Kier molecular flexibility index (Phi) is 4.68. The number of carbonyl (C=O) groups excluding carboxylic acids is 1. The second-order valence-corrected chi connectivity index (χ2v) is 6.72. The smallest absolute Gasteiger partial charge is 0.404 e. The molecule has 0 bridgehead atoms. The first-order chi connectivity index (χ1) is 13.6. The summed E-state index contributed by atoms with van der Waals surface area (Å²) in [6.07, 6.45) is 4.65. The number of carbonyl (C=O) groups is 1. The summed E-state index contributed by atoms with van der Waals surface area (Å²) in [5.41, 5.74) is 0.865. The maximum atomic E-state index is 13.2. The van der Waals surface area contributed by atoms with Crippen LogP contribution < -0.4 is 20.9 Å². The number of aryl methyl sites for hydroxylation is 1. The summed E-state index contributed by atoms with van der Waals surface area (Å²) in [5.74, 6) is 0.692. The molecule has 28 heavy (non-hydrogen) atoms. The molecule has 10 heteroatoms. The predicted octanol–water partition coefficient (Wildman–Crippen LogP) is 2.59. The van der Waals surface area contributed by atoms with Gasteiger partial charge < -0.3 is 10.1 Å². The molecule has 0 radical (unpaired) electrons. The number of hydrogen-bond acceptors (Lipinski definition) is 7. The van der Waals surface area contributed by atoms with Crippen LogP contribution in [0.3, 0.4) is 0 Å². The highest BCUT2D eigenvalue weighted by Gasteiger charge is 2.25. The summed E-state index contributed by atoms with van der Waals surface area (Å²) < 4.78 is 6.98. The summed E-state index contributed by atoms with van der Waals surface area (Å²) in [4.78, 5) is 34.3. The van der Waals surface area contributed by atoms with Gasteiger partial charge in [-0.25, -0.2) is 9.78 Å². The summed E-state index contributed by atoms with van der Waals surface area (Å²) in [7, 11) is 1.73. The number of aromatic nitrogens is 5. The lowest BCUT2D eigenvalue weighted by molar-refractivity contribution is 0.214. The van der Waals surface area contributed by atoms with Gasteiger partial charge >= 0.3 is 6.09 Å². The number of anilines is 2. The van der Waals surface area contributed by atoms with E-state index in [4.69, 9.17) is 4.74 Å². The van der Waals surface area contributed by atoms with E-state index < -0.39 is 6.09 Å². The first kappa shape index (κ1) is 18.0. The Morgan fingerprint density at radius 1 is 1.32 bits per heavy atom. The number of hydrogen-bond donors (Lipinski definition) is 3. The molecule has 1 aliphatic carbocycles. The summed E-state index contributed by atoms with van der Waals surface area (Å²) in [6, 6.07) is 3.13. The minimum absolute atomic E-state index is 0.0203. The van der Waals surface area contributed by atoms with Crippen LogP contribution in [-0.2, 0) is 0 Å². The van der Waals surface area contributed by atoms with Crippen molar-refractivity contribution < 1.29 is 9.53 Å². The number of aromatic amines is 1. The SMILES string of the molecule is CNc1nc(C)c2cc(OC(=O)Nc3cc[nH]n3)c(=O)n(C3CCCC3)c2n1. The van der Waals surface area contributed by atoms with Crippen LogP contribution in [0.4, 0.5) is 16.6 Å². The zero-order chi connectivity index (χ0) is 19.7. The van der Waals surface area contributed by atoms with E-state index in [1.165, 1.54) is 6.07 Å². The van der Waals surface area contributed by atoms with E-state index in [2.05, 4.69) is 30.8 Å². The first-order valence-electron chi connectivity index (χ1n) is 9.17. The third-order valence-corrected chi connectivity index (χ3v) is 4.90. The average molecular weight is 383 g/mol. The van der Waals surface area contributed by atoms with Gasteiger partial charge in [-0.1, -0.05) is 12.8 Å². The molecule has 1 aliphatic rings. The highest BCUT2D eigenvalue weighted by atomic mass is 16.6. The van der Waals surface area contributed by atoms with Crippen LogP contribution in [0.15, 0.2) is 23.1 Å². The van der Waals surface area contributed by atoms with Gasteiger partial charge in [0.05, 0.1) is 5.69 Å². The van der Waals surface area contributed by atoms with Crippen molar-refractivity contribution in [2.45, 2.75) is 38.6 Å². The molecule has 0 spiro atoms. The largest absolute Gasteiger partial charge is 0.418 e. The van der Waals surface area contributed by atoms with E-state index in [1.54, 1.807) is 23.9 Å². The Balaban J connectivity index is 1.80. The van der Waals surface area contributed by atoms with Gasteiger partial charge in [-0.2, -0.15) is 10.1 Å². The topological polar surface area (TPSA) is 127 Å². The molecule has 4 rings (SSSR count). The zero-order valence-electron chi connectivity index (χ0n) is 15.7. The predicted molar refractivity (Wildman–Crippen MR) is 104 cm³/mol. The highest BCUT2D eigenvalue weighted by Crippen LogP contribution is 2.32. The van der Waals surface area contributed by atoms with Crippen LogP contribution in [0.25, 0.3) is 11.0 Å². The normalized spacial score (nSPS) is 14.4. The first-order valence-corrected chi connectivity index (χ1v) is 9.17. The van der Waals surface area contributed by atoms with Crippen molar-refractivity contribution in [1.82, 2.24) is 24.7 Å². The maximum Gasteiger partial charge on any atom is 0.418 e. The molecule has 146 valence electrons. The second-order valence-electron chi connectivity index (χ2n) is 6.72. The van der Waals surface area contributed by atoms with Crippen molar-refractivity contribution >= 4 is 28.9 Å². The van der Waals surface area contributed by atoms with Crippen molar-refractivity contribution in [2.24, 2.45) is 0 Å². The Hall–Kier alpha value is -3.43. The summed E-state index contributed by atoms with van der Waals surface area (Å²) >= 11 is 0. The molecule has 3 N–H and O–H groups in total. The van der Waals surface area contributed by atoms with Crippen LogP contribution in [-0.4, -0.2) is 37.9 Å². The molecule has 1 fully saturated rings. The van der Waals surface area contributed by atoms with Gasteiger partial charge in [0, 0.05) is 30.7 Å². The van der Waals surface area contributed by atoms with Crippen molar-refractivity contribution in [3.63, 3.8) is 0 Å². The minimum Gasteiger partial charge on any atom is -0.404 e. The van der Waals surface area contributed by atoms with Gasteiger partial charge in [-0.05, 0) is 25.8 Å². The molecule has 0 saturated heterocycles. The third kappa shape index (κ3) is 3.28. The van der Waals surface area contributed by atoms with E-state index in [0.29, 0.717) is 28.5 Å². The van der Waals surface area contributed by atoms with Crippen molar-refractivity contribution in [2.75, 3.05) is 17.7 Å².